The molecule has 0 unspecified atom stereocenters. The van der Waals surface area contributed by atoms with Crippen molar-refractivity contribution in [1.29, 1.82) is 0 Å². The van der Waals surface area contributed by atoms with Crippen molar-refractivity contribution in [3.8, 4) is 0 Å². The molecule has 0 spiro atoms. The molecule has 0 saturated heterocycles. The summed E-state index contributed by atoms with van der Waals surface area (Å²) in [5.41, 5.74) is 4.14. The van der Waals surface area contributed by atoms with Crippen molar-refractivity contribution in [2.45, 2.75) is 17.6 Å². The number of rotatable bonds is 2. The first-order valence-electron chi connectivity index (χ1n) is 3.49. The molecule has 0 aromatic heterocycles. The molecular formula is C9H10Br2. The Morgan fingerprint density at radius 1 is 1.09 bits per heavy atom. The molecule has 0 N–H and O–H groups in total. The SMILES string of the molecule is Cc1c(CBr)cccc1CBr. The third-order valence-electron chi connectivity index (χ3n) is 1.85. The van der Waals surface area contributed by atoms with Gasteiger partial charge in [-0.1, -0.05) is 50.1 Å². The molecule has 0 nitrogen and oxygen atoms in total. The highest BCUT2D eigenvalue weighted by molar-refractivity contribution is 9.08. The molecule has 0 aliphatic heterocycles. The van der Waals surface area contributed by atoms with Gasteiger partial charge in [0.25, 0.3) is 0 Å². The van der Waals surface area contributed by atoms with E-state index in [2.05, 4.69) is 57.0 Å². The van der Waals surface area contributed by atoms with Crippen molar-refractivity contribution in [2.24, 2.45) is 0 Å². The van der Waals surface area contributed by atoms with E-state index in [4.69, 9.17) is 0 Å². The third kappa shape index (κ3) is 2.06. The second-order valence-corrected chi connectivity index (χ2v) is 3.59. The number of hydrogen-bond donors (Lipinski definition) is 0. The summed E-state index contributed by atoms with van der Waals surface area (Å²) in [5, 5.41) is 1.89. The zero-order valence-electron chi connectivity index (χ0n) is 6.40. The number of benzene rings is 1. The molecule has 0 atom stereocenters. The van der Waals surface area contributed by atoms with Crippen LogP contribution in [-0.2, 0) is 10.7 Å². The lowest BCUT2D eigenvalue weighted by molar-refractivity contribution is 1.24. The van der Waals surface area contributed by atoms with Crippen molar-refractivity contribution in [1.82, 2.24) is 0 Å². The van der Waals surface area contributed by atoms with Gasteiger partial charge in [0.2, 0.25) is 0 Å². The quantitative estimate of drug-likeness (QED) is 0.722. The summed E-state index contributed by atoms with van der Waals surface area (Å²) in [6, 6.07) is 6.40. The predicted molar refractivity (Wildman–Crippen MR) is 56.4 cm³/mol. The fourth-order valence-electron chi connectivity index (χ4n) is 1.03. The Balaban J connectivity index is 3.10. The normalized spacial score (nSPS) is 10.1. The Morgan fingerprint density at radius 3 is 1.91 bits per heavy atom. The van der Waals surface area contributed by atoms with Crippen LogP contribution in [0, 0.1) is 6.92 Å². The zero-order valence-corrected chi connectivity index (χ0v) is 9.57. The summed E-state index contributed by atoms with van der Waals surface area (Å²) in [6.07, 6.45) is 0. The van der Waals surface area contributed by atoms with Gasteiger partial charge >= 0.3 is 0 Å². The smallest absolute Gasteiger partial charge is 0.0285 e. The maximum absolute atomic E-state index is 3.46. The predicted octanol–water partition coefficient (Wildman–Crippen LogP) is 3.78. The van der Waals surface area contributed by atoms with Gasteiger partial charge in [-0.25, -0.2) is 0 Å². The molecule has 0 fully saturated rings. The summed E-state index contributed by atoms with van der Waals surface area (Å²) < 4.78 is 0. The Kier molecular flexibility index (Phi) is 3.60. The highest BCUT2D eigenvalue weighted by atomic mass is 79.9. The molecule has 2 heteroatoms. The van der Waals surface area contributed by atoms with E-state index in [0.717, 1.165) is 10.7 Å². The van der Waals surface area contributed by atoms with E-state index in [1.807, 2.05) is 0 Å². The summed E-state index contributed by atoms with van der Waals surface area (Å²) in [7, 11) is 0. The van der Waals surface area contributed by atoms with Gasteiger partial charge in [-0.15, -0.1) is 0 Å². The molecular weight excluding hydrogens is 268 g/mol. The molecule has 0 amide bonds. The van der Waals surface area contributed by atoms with Crippen molar-refractivity contribution < 1.29 is 0 Å². The minimum Gasteiger partial charge on any atom is -0.0876 e. The minimum absolute atomic E-state index is 0.944. The van der Waals surface area contributed by atoms with Crippen LogP contribution >= 0.6 is 31.9 Å². The first kappa shape index (κ1) is 9.27. The van der Waals surface area contributed by atoms with Gasteiger partial charge < -0.3 is 0 Å². The molecule has 0 aliphatic rings. The summed E-state index contributed by atoms with van der Waals surface area (Å²) in [4.78, 5) is 0. The van der Waals surface area contributed by atoms with Crippen molar-refractivity contribution >= 4 is 31.9 Å². The highest BCUT2D eigenvalue weighted by Gasteiger charge is 1.99. The second kappa shape index (κ2) is 4.27. The van der Waals surface area contributed by atoms with Gasteiger partial charge in [-0.3, -0.25) is 0 Å². The third-order valence-corrected chi connectivity index (χ3v) is 3.05. The maximum Gasteiger partial charge on any atom is 0.0285 e. The van der Waals surface area contributed by atoms with Crippen LogP contribution in [0.5, 0.6) is 0 Å². The Hall–Kier alpha value is 0.180. The molecule has 1 aromatic rings. The molecule has 0 radical (unpaired) electrons. The first-order chi connectivity index (χ1) is 5.29. The van der Waals surface area contributed by atoms with Gasteiger partial charge in [-0.2, -0.15) is 0 Å². The monoisotopic (exact) mass is 276 g/mol. The maximum atomic E-state index is 3.46. The molecule has 0 saturated carbocycles. The first-order valence-corrected chi connectivity index (χ1v) is 5.73. The fraction of sp³-hybridized carbons (Fsp3) is 0.333. The van der Waals surface area contributed by atoms with Gasteiger partial charge in [0.15, 0.2) is 0 Å². The van der Waals surface area contributed by atoms with Crippen molar-refractivity contribution in [2.75, 3.05) is 0 Å². The van der Waals surface area contributed by atoms with E-state index in [1.165, 1.54) is 16.7 Å². The van der Waals surface area contributed by atoms with Crippen LogP contribution in [-0.4, -0.2) is 0 Å². The summed E-state index contributed by atoms with van der Waals surface area (Å²) >= 11 is 6.91. The van der Waals surface area contributed by atoms with E-state index in [1.54, 1.807) is 0 Å². The number of hydrogen-bond acceptors (Lipinski definition) is 0. The topological polar surface area (TPSA) is 0 Å². The fourth-order valence-corrected chi connectivity index (χ4v) is 2.24. The van der Waals surface area contributed by atoms with Gasteiger partial charge in [-0.05, 0) is 23.6 Å². The number of alkyl halides is 2. The van der Waals surface area contributed by atoms with Crippen LogP contribution in [0.15, 0.2) is 18.2 Å². The lowest BCUT2D eigenvalue weighted by Crippen LogP contribution is -1.89. The molecule has 0 aliphatic carbocycles. The molecule has 0 heterocycles. The largest absolute Gasteiger partial charge is 0.0876 e. The van der Waals surface area contributed by atoms with Crippen molar-refractivity contribution in [3.05, 3.63) is 34.9 Å². The molecule has 1 rings (SSSR count). The van der Waals surface area contributed by atoms with E-state index in [9.17, 15) is 0 Å². The van der Waals surface area contributed by atoms with E-state index in [-0.39, 0.29) is 0 Å². The van der Waals surface area contributed by atoms with Crippen LogP contribution in [0.25, 0.3) is 0 Å². The van der Waals surface area contributed by atoms with Gasteiger partial charge in [0, 0.05) is 10.7 Å². The second-order valence-electron chi connectivity index (χ2n) is 2.47. The molecule has 1 aromatic carbocycles. The molecule has 0 bridgehead atoms. The summed E-state index contributed by atoms with van der Waals surface area (Å²) in [6.45, 7) is 2.16. The average molecular weight is 278 g/mol. The van der Waals surface area contributed by atoms with Crippen LogP contribution in [0.2, 0.25) is 0 Å². The standard InChI is InChI=1S/C9H10Br2/c1-7-8(5-10)3-2-4-9(7)6-11/h2-4H,5-6H2,1H3. The van der Waals surface area contributed by atoms with E-state index in [0.29, 0.717) is 0 Å². The van der Waals surface area contributed by atoms with Gasteiger partial charge in [0.1, 0.15) is 0 Å². The van der Waals surface area contributed by atoms with Gasteiger partial charge in [0.05, 0.1) is 0 Å². The van der Waals surface area contributed by atoms with Crippen LogP contribution in [0.1, 0.15) is 16.7 Å². The lowest BCUT2D eigenvalue weighted by Gasteiger charge is -2.05. The Labute approximate surface area is 84.3 Å². The molecule has 11 heavy (non-hydrogen) atoms. The van der Waals surface area contributed by atoms with Crippen LogP contribution in [0.4, 0.5) is 0 Å². The average Bonchev–Trinajstić information content (AvgIpc) is 2.05. The number of halogens is 2. The van der Waals surface area contributed by atoms with Crippen LogP contribution in [0.3, 0.4) is 0 Å². The minimum atomic E-state index is 0.944. The highest BCUT2D eigenvalue weighted by Crippen LogP contribution is 2.18. The zero-order chi connectivity index (χ0) is 8.27. The van der Waals surface area contributed by atoms with E-state index < -0.39 is 0 Å². The Bertz CT molecular complexity index is 221. The molecule has 60 valence electrons. The van der Waals surface area contributed by atoms with E-state index >= 15 is 0 Å². The Morgan fingerprint density at radius 2 is 1.55 bits per heavy atom. The van der Waals surface area contributed by atoms with Crippen molar-refractivity contribution in [3.63, 3.8) is 0 Å². The lowest BCUT2D eigenvalue weighted by atomic mass is 10.1. The van der Waals surface area contributed by atoms with Crippen LogP contribution < -0.4 is 0 Å². The summed E-state index contributed by atoms with van der Waals surface area (Å²) in [5.74, 6) is 0.